The molecule has 94 valence electrons. The van der Waals surface area contributed by atoms with Crippen LogP contribution in [0, 0.1) is 6.92 Å². The van der Waals surface area contributed by atoms with E-state index in [9.17, 15) is 4.79 Å². The van der Waals surface area contributed by atoms with Gasteiger partial charge in [0.25, 0.3) is 0 Å². The highest BCUT2D eigenvalue weighted by Gasteiger charge is 2.15. The second-order valence-electron chi connectivity index (χ2n) is 4.08. The van der Waals surface area contributed by atoms with Gasteiger partial charge in [0, 0.05) is 11.0 Å². The smallest absolute Gasteiger partial charge is 0.320 e. The van der Waals surface area contributed by atoms with E-state index >= 15 is 0 Å². The van der Waals surface area contributed by atoms with E-state index in [1.165, 1.54) is 0 Å². The van der Waals surface area contributed by atoms with E-state index in [0.717, 1.165) is 22.0 Å². The van der Waals surface area contributed by atoms with E-state index in [2.05, 4.69) is 21.2 Å². The Morgan fingerprint density at radius 2 is 2.24 bits per heavy atom. The lowest BCUT2D eigenvalue weighted by Crippen LogP contribution is -2.36. The second-order valence-corrected chi connectivity index (χ2v) is 4.94. The average molecular weight is 300 g/mol. The second kappa shape index (κ2) is 6.77. The summed E-state index contributed by atoms with van der Waals surface area (Å²) in [5, 5.41) is 12.1. The summed E-state index contributed by atoms with van der Waals surface area (Å²) in [4.78, 5) is 11.0. The van der Waals surface area contributed by atoms with E-state index in [0.29, 0.717) is 13.0 Å². The van der Waals surface area contributed by atoms with Crippen LogP contribution >= 0.6 is 15.9 Å². The molecular formula is C13H18BrNO2. The summed E-state index contributed by atoms with van der Waals surface area (Å²) in [7, 11) is 0. The first-order valence-electron chi connectivity index (χ1n) is 5.76. The van der Waals surface area contributed by atoms with Crippen molar-refractivity contribution >= 4 is 21.9 Å². The van der Waals surface area contributed by atoms with Gasteiger partial charge in [-0.3, -0.25) is 4.79 Å². The van der Waals surface area contributed by atoms with Gasteiger partial charge in [-0.25, -0.2) is 0 Å². The molecule has 0 aliphatic rings. The van der Waals surface area contributed by atoms with Gasteiger partial charge >= 0.3 is 5.97 Å². The van der Waals surface area contributed by atoms with Crippen molar-refractivity contribution in [1.29, 1.82) is 0 Å². The number of carbonyl (C=O) groups is 1. The normalized spacial score (nSPS) is 12.4. The molecule has 1 rings (SSSR count). The molecule has 0 spiro atoms. The van der Waals surface area contributed by atoms with Gasteiger partial charge in [0.05, 0.1) is 0 Å². The summed E-state index contributed by atoms with van der Waals surface area (Å²) < 4.78 is 1.05. The molecule has 0 aliphatic heterocycles. The Morgan fingerprint density at radius 3 is 2.82 bits per heavy atom. The van der Waals surface area contributed by atoms with Crippen LogP contribution < -0.4 is 5.32 Å². The van der Waals surface area contributed by atoms with Crippen molar-refractivity contribution in [3.05, 3.63) is 33.8 Å². The van der Waals surface area contributed by atoms with E-state index in [1.54, 1.807) is 0 Å². The van der Waals surface area contributed by atoms with Gasteiger partial charge in [-0.1, -0.05) is 41.4 Å². The highest BCUT2D eigenvalue weighted by Crippen LogP contribution is 2.19. The first-order chi connectivity index (χ1) is 8.06. The van der Waals surface area contributed by atoms with Gasteiger partial charge in [0.15, 0.2) is 0 Å². The molecule has 0 amide bonds. The summed E-state index contributed by atoms with van der Waals surface area (Å²) in [5.74, 6) is -0.778. The highest BCUT2D eigenvalue weighted by atomic mass is 79.9. The SMILES string of the molecule is CCCC(NCc1cccc(Br)c1C)C(=O)O. The van der Waals surface area contributed by atoms with Gasteiger partial charge in [-0.05, 0) is 30.5 Å². The molecular weight excluding hydrogens is 282 g/mol. The minimum atomic E-state index is -0.778. The number of rotatable bonds is 6. The van der Waals surface area contributed by atoms with Crippen LogP contribution in [0.2, 0.25) is 0 Å². The number of nitrogens with one attached hydrogen (secondary N) is 1. The zero-order valence-electron chi connectivity index (χ0n) is 10.2. The monoisotopic (exact) mass is 299 g/mol. The van der Waals surface area contributed by atoms with Gasteiger partial charge in [-0.15, -0.1) is 0 Å². The maximum atomic E-state index is 11.0. The summed E-state index contributed by atoms with van der Waals surface area (Å²) >= 11 is 3.47. The van der Waals surface area contributed by atoms with E-state index < -0.39 is 12.0 Å². The third-order valence-corrected chi connectivity index (χ3v) is 3.65. The molecule has 1 unspecified atom stereocenters. The van der Waals surface area contributed by atoms with Crippen LogP contribution in [-0.2, 0) is 11.3 Å². The molecule has 17 heavy (non-hydrogen) atoms. The summed E-state index contributed by atoms with van der Waals surface area (Å²) in [6, 6.07) is 5.50. The van der Waals surface area contributed by atoms with Crippen molar-refractivity contribution < 1.29 is 9.90 Å². The zero-order chi connectivity index (χ0) is 12.8. The third-order valence-electron chi connectivity index (χ3n) is 2.79. The molecule has 0 heterocycles. The van der Waals surface area contributed by atoms with Crippen LogP contribution in [0.5, 0.6) is 0 Å². The van der Waals surface area contributed by atoms with Gasteiger partial charge in [-0.2, -0.15) is 0 Å². The largest absolute Gasteiger partial charge is 0.480 e. The first kappa shape index (κ1) is 14.2. The Labute approximate surface area is 110 Å². The van der Waals surface area contributed by atoms with Gasteiger partial charge in [0.1, 0.15) is 6.04 Å². The Balaban J connectivity index is 2.65. The zero-order valence-corrected chi connectivity index (χ0v) is 11.8. The maximum absolute atomic E-state index is 11.0. The van der Waals surface area contributed by atoms with Gasteiger partial charge < -0.3 is 10.4 Å². The highest BCUT2D eigenvalue weighted by molar-refractivity contribution is 9.10. The Kier molecular flexibility index (Phi) is 5.65. The lowest BCUT2D eigenvalue weighted by molar-refractivity contribution is -0.139. The molecule has 0 radical (unpaired) electrons. The molecule has 0 saturated carbocycles. The van der Waals surface area contributed by atoms with Crippen molar-refractivity contribution in [3.8, 4) is 0 Å². The number of hydrogen-bond acceptors (Lipinski definition) is 2. The van der Waals surface area contributed by atoms with E-state index in [1.807, 2.05) is 32.0 Å². The van der Waals surface area contributed by atoms with Crippen molar-refractivity contribution in [2.45, 2.75) is 39.3 Å². The minimum absolute atomic E-state index is 0.460. The van der Waals surface area contributed by atoms with Crippen LogP contribution in [0.25, 0.3) is 0 Å². The van der Waals surface area contributed by atoms with E-state index in [4.69, 9.17) is 5.11 Å². The molecule has 0 saturated heterocycles. The standard InChI is InChI=1S/C13H18BrNO2/c1-3-5-12(13(16)17)15-8-10-6-4-7-11(14)9(10)2/h4,6-7,12,15H,3,5,8H2,1-2H3,(H,16,17). The third kappa shape index (κ3) is 4.13. The quantitative estimate of drug-likeness (QED) is 0.848. The molecule has 0 aliphatic carbocycles. The molecule has 0 fully saturated rings. The molecule has 1 aromatic rings. The molecule has 1 aromatic carbocycles. The number of benzene rings is 1. The average Bonchev–Trinajstić information content (AvgIpc) is 2.29. The topological polar surface area (TPSA) is 49.3 Å². The lowest BCUT2D eigenvalue weighted by atomic mass is 10.1. The molecule has 1 atom stereocenters. The summed E-state index contributed by atoms with van der Waals surface area (Å²) in [6.07, 6.45) is 1.52. The van der Waals surface area contributed by atoms with Crippen LogP contribution in [0.3, 0.4) is 0 Å². The predicted molar refractivity (Wildman–Crippen MR) is 72.1 cm³/mol. The maximum Gasteiger partial charge on any atom is 0.320 e. The molecule has 3 nitrogen and oxygen atoms in total. The van der Waals surface area contributed by atoms with Crippen LogP contribution in [-0.4, -0.2) is 17.1 Å². The summed E-state index contributed by atoms with van der Waals surface area (Å²) in [6.45, 7) is 4.60. The van der Waals surface area contributed by atoms with Crippen molar-refractivity contribution in [1.82, 2.24) is 5.32 Å². The fourth-order valence-electron chi connectivity index (χ4n) is 1.68. The van der Waals surface area contributed by atoms with Gasteiger partial charge in [0.2, 0.25) is 0 Å². The lowest BCUT2D eigenvalue weighted by Gasteiger charge is -2.15. The number of carboxylic acids is 1. The number of hydrogen-bond donors (Lipinski definition) is 2. The van der Waals surface area contributed by atoms with Crippen LogP contribution in [0.15, 0.2) is 22.7 Å². The predicted octanol–water partition coefficient (Wildman–Crippen LogP) is 3.10. The molecule has 0 aromatic heterocycles. The number of aliphatic carboxylic acids is 1. The van der Waals surface area contributed by atoms with Crippen molar-refractivity contribution in [2.75, 3.05) is 0 Å². The molecule has 0 bridgehead atoms. The van der Waals surface area contributed by atoms with Crippen molar-refractivity contribution in [2.24, 2.45) is 0 Å². The fraction of sp³-hybridized carbons (Fsp3) is 0.462. The Bertz CT molecular complexity index is 393. The summed E-state index contributed by atoms with van der Waals surface area (Å²) in [5.41, 5.74) is 2.28. The van der Waals surface area contributed by atoms with Crippen molar-refractivity contribution in [3.63, 3.8) is 0 Å². The van der Waals surface area contributed by atoms with Crippen LogP contribution in [0.4, 0.5) is 0 Å². The number of carboxylic acid groups (broad SMARTS) is 1. The van der Waals surface area contributed by atoms with E-state index in [-0.39, 0.29) is 0 Å². The number of halogens is 1. The fourth-order valence-corrected chi connectivity index (χ4v) is 2.09. The Hall–Kier alpha value is -0.870. The van der Waals surface area contributed by atoms with Crippen LogP contribution in [0.1, 0.15) is 30.9 Å². The first-order valence-corrected chi connectivity index (χ1v) is 6.55. The molecule has 4 heteroatoms. The minimum Gasteiger partial charge on any atom is -0.480 e. The molecule has 2 N–H and O–H groups in total. The Morgan fingerprint density at radius 1 is 1.53 bits per heavy atom.